The minimum atomic E-state index is -0.121. The molecular weight excluding hydrogens is 354 g/mol. The lowest BCUT2D eigenvalue weighted by Gasteiger charge is -2.49. The van der Waals surface area contributed by atoms with Crippen LogP contribution in [0.2, 0.25) is 0 Å². The van der Waals surface area contributed by atoms with Gasteiger partial charge in [0.2, 0.25) is 5.91 Å². The van der Waals surface area contributed by atoms with Crippen LogP contribution in [0.3, 0.4) is 0 Å². The van der Waals surface area contributed by atoms with Crippen molar-refractivity contribution in [2.24, 2.45) is 5.92 Å². The number of methoxy groups -OCH3 is 1. The molecule has 28 heavy (non-hydrogen) atoms. The van der Waals surface area contributed by atoms with E-state index in [4.69, 9.17) is 9.47 Å². The van der Waals surface area contributed by atoms with Crippen LogP contribution in [-0.2, 0) is 20.8 Å². The van der Waals surface area contributed by atoms with Crippen LogP contribution in [0, 0.1) is 5.92 Å². The molecule has 1 aromatic rings. The van der Waals surface area contributed by atoms with Crippen LogP contribution in [0.4, 0.5) is 0 Å². The first-order valence-corrected chi connectivity index (χ1v) is 10.5. The van der Waals surface area contributed by atoms with Crippen molar-refractivity contribution in [1.29, 1.82) is 0 Å². The highest BCUT2D eigenvalue weighted by atomic mass is 16.5. The van der Waals surface area contributed by atoms with Crippen molar-refractivity contribution in [2.45, 2.75) is 31.8 Å². The molecule has 0 aromatic heterocycles. The lowest BCUT2D eigenvalue weighted by Crippen LogP contribution is -2.63. The molecular formula is C22H35N3O3. The number of hydrogen-bond donors (Lipinski definition) is 1. The standard InChI is InChI=1S/C22H35N3O3/c1-19(17-27-2)21(26)23-18-22(8-14-28-15-9-22)25-12-10-24(11-13-25)16-20-6-4-3-5-7-20/h3-7,19H,8-18H2,1-2H3,(H,23,26). The van der Waals surface area contributed by atoms with E-state index < -0.39 is 0 Å². The van der Waals surface area contributed by atoms with Gasteiger partial charge in [0.15, 0.2) is 0 Å². The number of amides is 1. The van der Waals surface area contributed by atoms with Crippen molar-refractivity contribution < 1.29 is 14.3 Å². The van der Waals surface area contributed by atoms with E-state index in [0.717, 1.165) is 58.8 Å². The normalized spacial score (nSPS) is 21.9. The molecule has 2 aliphatic rings. The summed E-state index contributed by atoms with van der Waals surface area (Å²) in [7, 11) is 1.64. The topological polar surface area (TPSA) is 54.0 Å². The fourth-order valence-electron chi connectivity index (χ4n) is 4.33. The Morgan fingerprint density at radius 3 is 2.50 bits per heavy atom. The second kappa shape index (κ2) is 10.3. The molecule has 1 unspecified atom stereocenters. The van der Waals surface area contributed by atoms with Crippen LogP contribution in [0.1, 0.15) is 25.3 Å². The number of benzene rings is 1. The van der Waals surface area contributed by atoms with Gasteiger partial charge in [0.05, 0.1) is 12.5 Å². The average Bonchev–Trinajstić information content (AvgIpc) is 2.74. The molecule has 1 atom stereocenters. The van der Waals surface area contributed by atoms with Crippen molar-refractivity contribution in [2.75, 3.05) is 59.7 Å². The van der Waals surface area contributed by atoms with E-state index in [1.165, 1.54) is 5.56 Å². The zero-order valence-corrected chi connectivity index (χ0v) is 17.4. The number of nitrogens with one attached hydrogen (secondary N) is 1. The van der Waals surface area contributed by atoms with Gasteiger partial charge in [-0.3, -0.25) is 14.6 Å². The Morgan fingerprint density at radius 1 is 1.18 bits per heavy atom. The van der Waals surface area contributed by atoms with Crippen LogP contribution in [-0.4, -0.2) is 80.9 Å². The van der Waals surface area contributed by atoms with Crippen molar-refractivity contribution in [3.05, 3.63) is 35.9 Å². The molecule has 0 bridgehead atoms. The number of carbonyl (C=O) groups is 1. The van der Waals surface area contributed by atoms with Gasteiger partial charge in [0.1, 0.15) is 0 Å². The molecule has 1 aromatic carbocycles. The molecule has 1 N–H and O–H groups in total. The highest BCUT2D eigenvalue weighted by Gasteiger charge is 2.40. The third-order valence-electron chi connectivity index (χ3n) is 6.17. The van der Waals surface area contributed by atoms with Crippen LogP contribution in [0.25, 0.3) is 0 Å². The number of carbonyl (C=O) groups excluding carboxylic acids is 1. The maximum atomic E-state index is 12.4. The van der Waals surface area contributed by atoms with E-state index in [-0.39, 0.29) is 17.4 Å². The molecule has 0 radical (unpaired) electrons. The summed E-state index contributed by atoms with van der Waals surface area (Å²) in [6.07, 6.45) is 1.95. The van der Waals surface area contributed by atoms with Crippen molar-refractivity contribution in [3.63, 3.8) is 0 Å². The van der Waals surface area contributed by atoms with Crippen LogP contribution in [0.15, 0.2) is 30.3 Å². The Balaban J connectivity index is 1.55. The fourth-order valence-corrected chi connectivity index (χ4v) is 4.33. The van der Waals surface area contributed by atoms with Gasteiger partial charge in [-0.05, 0) is 18.4 Å². The fraction of sp³-hybridized carbons (Fsp3) is 0.682. The second-order valence-corrected chi connectivity index (χ2v) is 8.16. The van der Waals surface area contributed by atoms with Gasteiger partial charge in [-0.25, -0.2) is 0 Å². The molecule has 0 aliphatic carbocycles. The smallest absolute Gasteiger partial charge is 0.225 e. The Labute approximate surface area is 169 Å². The summed E-state index contributed by atoms with van der Waals surface area (Å²) < 4.78 is 10.8. The number of hydrogen-bond acceptors (Lipinski definition) is 5. The molecule has 156 valence electrons. The van der Waals surface area contributed by atoms with E-state index in [9.17, 15) is 4.79 Å². The Hall–Kier alpha value is -1.47. The monoisotopic (exact) mass is 389 g/mol. The minimum absolute atomic E-state index is 0.0134. The lowest BCUT2D eigenvalue weighted by molar-refractivity contribution is -0.127. The minimum Gasteiger partial charge on any atom is -0.384 e. The van der Waals surface area contributed by atoms with Gasteiger partial charge in [-0.15, -0.1) is 0 Å². The van der Waals surface area contributed by atoms with Gasteiger partial charge in [0, 0.05) is 65.1 Å². The third kappa shape index (κ3) is 5.54. The van der Waals surface area contributed by atoms with Gasteiger partial charge in [-0.2, -0.15) is 0 Å². The Morgan fingerprint density at radius 2 is 1.86 bits per heavy atom. The molecule has 3 rings (SSSR count). The van der Waals surface area contributed by atoms with Gasteiger partial charge in [-0.1, -0.05) is 37.3 Å². The molecule has 2 heterocycles. The number of ether oxygens (including phenoxy) is 2. The summed E-state index contributed by atoms with van der Waals surface area (Å²) in [6, 6.07) is 10.7. The predicted molar refractivity (Wildman–Crippen MR) is 110 cm³/mol. The molecule has 2 fully saturated rings. The largest absolute Gasteiger partial charge is 0.384 e. The van der Waals surface area contributed by atoms with Crippen LogP contribution >= 0.6 is 0 Å². The van der Waals surface area contributed by atoms with E-state index >= 15 is 0 Å². The predicted octanol–water partition coefficient (Wildman–Crippen LogP) is 1.75. The zero-order chi connectivity index (χ0) is 19.8. The Kier molecular flexibility index (Phi) is 7.85. The van der Waals surface area contributed by atoms with E-state index in [0.29, 0.717) is 13.2 Å². The van der Waals surface area contributed by atoms with E-state index in [2.05, 4.69) is 45.4 Å². The van der Waals surface area contributed by atoms with Crippen molar-refractivity contribution in [3.8, 4) is 0 Å². The van der Waals surface area contributed by atoms with Crippen molar-refractivity contribution >= 4 is 5.91 Å². The molecule has 0 spiro atoms. The first-order chi connectivity index (χ1) is 13.6. The third-order valence-corrected chi connectivity index (χ3v) is 6.17. The highest BCUT2D eigenvalue weighted by molar-refractivity contribution is 5.78. The summed E-state index contributed by atoms with van der Waals surface area (Å²) in [5, 5.41) is 3.20. The summed E-state index contributed by atoms with van der Waals surface area (Å²) in [4.78, 5) is 17.5. The SMILES string of the molecule is COCC(C)C(=O)NCC1(N2CCN(Cc3ccccc3)CC2)CCOCC1. The number of nitrogens with zero attached hydrogens (tertiary/aromatic N) is 2. The highest BCUT2D eigenvalue weighted by Crippen LogP contribution is 2.29. The van der Waals surface area contributed by atoms with Crippen LogP contribution < -0.4 is 5.32 Å². The summed E-state index contributed by atoms with van der Waals surface area (Å²) >= 11 is 0. The number of rotatable bonds is 8. The molecule has 6 nitrogen and oxygen atoms in total. The average molecular weight is 390 g/mol. The summed E-state index contributed by atoms with van der Waals surface area (Å²) in [5.74, 6) is -0.0416. The molecule has 6 heteroatoms. The number of piperazine rings is 1. The van der Waals surface area contributed by atoms with Gasteiger partial charge < -0.3 is 14.8 Å². The van der Waals surface area contributed by atoms with E-state index in [1.54, 1.807) is 7.11 Å². The maximum Gasteiger partial charge on any atom is 0.225 e. The maximum absolute atomic E-state index is 12.4. The second-order valence-electron chi connectivity index (χ2n) is 8.16. The quantitative estimate of drug-likeness (QED) is 0.734. The van der Waals surface area contributed by atoms with Crippen molar-refractivity contribution in [1.82, 2.24) is 15.1 Å². The lowest BCUT2D eigenvalue weighted by atomic mass is 9.86. The molecule has 2 aliphatic heterocycles. The molecule has 0 saturated carbocycles. The first kappa shape index (κ1) is 21.2. The van der Waals surface area contributed by atoms with E-state index in [1.807, 2.05) is 6.92 Å². The van der Waals surface area contributed by atoms with Crippen LogP contribution in [0.5, 0.6) is 0 Å². The Bertz CT molecular complexity index is 596. The molecule has 2 saturated heterocycles. The zero-order valence-electron chi connectivity index (χ0n) is 17.4. The molecule has 1 amide bonds. The summed E-state index contributed by atoms with van der Waals surface area (Å²) in [6.45, 7) is 9.82. The summed E-state index contributed by atoms with van der Waals surface area (Å²) in [5.41, 5.74) is 1.38. The van der Waals surface area contributed by atoms with Gasteiger partial charge in [0.25, 0.3) is 0 Å². The van der Waals surface area contributed by atoms with Gasteiger partial charge >= 0.3 is 0 Å². The first-order valence-electron chi connectivity index (χ1n) is 10.5.